The molecule has 3 N–H and O–H groups in total. The number of nitrogens with zero attached hydrogens (tertiary/aromatic N) is 3. The van der Waals surface area contributed by atoms with Crippen molar-refractivity contribution in [3.8, 4) is 17.6 Å². The summed E-state index contributed by atoms with van der Waals surface area (Å²) in [5.41, 5.74) is 4.71. The molecular formula is C36H36Cl2N6O3. The van der Waals surface area contributed by atoms with Gasteiger partial charge in [0.15, 0.2) is 0 Å². The number of hydrogen-bond acceptors (Lipinski definition) is 8. The van der Waals surface area contributed by atoms with E-state index < -0.39 is 0 Å². The van der Waals surface area contributed by atoms with Crippen molar-refractivity contribution in [2.45, 2.75) is 38.4 Å². The average molecular weight is 672 g/mol. The first kappa shape index (κ1) is 32.6. The minimum Gasteiger partial charge on any atom is -0.488 e. The molecule has 1 aromatic heterocycles. The third-order valence-corrected chi connectivity index (χ3v) is 8.90. The molecule has 242 valence electrons. The van der Waals surface area contributed by atoms with Gasteiger partial charge in [0.2, 0.25) is 5.91 Å². The van der Waals surface area contributed by atoms with E-state index in [0.29, 0.717) is 61.7 Å². The van der Waals surface area contributed by atoms with E-state index >= 15 is 0 Å². The number of nitriles is 1. The summed E-state index contributed by atoms with van der Waals surface area (Å²) in [4.78, 5) is 20.1. The number of pyridine rings is 1. The second-order valence-corrected chi connectivity index (χ2v) is 12.7. The number of rotatable bonds is 9. The van der Waals surface area contributed by atoms with Crippen molar-refractivity contribution in [2.75, 3.05) is 43.9 Å². The molecule has 0 aliphatic carbocycles. The molecule has 3 aromatic carbocycles. The van der Waals surface area contributed by atoms with E-state index in [2.05, 4.69) is 39.0 Å². The van der Waals surface area contributed by atoms with Gasteiger partial charge in [-0.3, -0.25) is 9.78 Å². The van der Waals surface area contributed by atoms with Gasteiger partial charge in [-0.1, -0.05) is 40.9 Å². The Morgan fingerprint density at radius 2 is 1.91 bits per heavy atom. The lowest BCUT2D eigenvalue weighted by atomic mass is 10.0. The van der Waals surface area contributed by atoms with Crippen molar-refractivity contribution in [3.05, 3.63) is 93.6 Å². The number of hydrogen-bond donors (Lipinski definition) is 3. The fraction of sp³-hybridized carbons (Fsp3) is 0.306. The van der Waals surface area contributed by atoms with E-state index in [1.165, 1.54) is 6.20 Å². The number of fused-ring (bicyclic) bond motifs is 1. The summed E-state index contributed by atoms with van der Waals surface area (Å²) in [6, 6.07) is 18.7. The Hall–Kier alpha value is -4.33. The molecule has 2 aliphatic rings. The normalized spacial score (nSPS) is 15.6. The third kappa shape index (κ3) is 8.34. The number of ether oxygens (including phenoxy) is 2. The lowest BCUT2D eigenvalue weighted by Crippen LogP contribution is -2.35. The van der Waals surface area contributed by atoms with Crippen LogP contribution in [0.15, 0.2) is 72.4 Å². The van der Waals surface area contributed by atoms with Gasteiger partial charge in [-0.25, -0.2) is 0 Å². The number of carbonyl (C=O) groups excluding carboxylic acids is 1. The molecule has 2 fully saturated rings. The van der Waals surface area contributed by atoms with Crippen molar-refractivity contribution in [1.82, 2.24) is 15.2 Å². The molecule has 9 nitrogen and oxygen atoms in total. The summed E-state index contributed by atoms with van der Waals surface area (Å²) in [6.45, 7) is 3.90. The second-order valence-electron chi connectivity index (χ2n) is 11.9. The molecule has 2 aliphatic heterocycles. The van der Waals surface area contributed by atoms with Gasteiger partial charge in [-0.05, 0) is 87.8 Å². The maximum atomic E-state index is 13.2. The van der Waals surface area contributed by atoms with Crippen LogP contribution < -0.4 is 25.4 Å². The van der Waals surface area contributed by atoms with Crippen LogP contribution in [0.4, 0.5) is 17.1 Å². The number of benzene rings is 3. The van der Waals surface area contributed by atoms with Gasteiger partial charge >= 0.3 is 0 Å². The first-order valence-corrected chi connectivity index (χ1v) is 16.5. The highest BCUT2D eigenvalue weighted by molar-refractivity contribution is 6.32. The van der Waals surface area contributed by atoms with E-state index in [4.69, 9.17) is 32.7 Å². The lowest BCUT2D eigenvalue weighted by Gasteiger charge is -2.30. The Balaban J connectivity index is 1.30. The van der Waals surface area contributed by atoms with Crippen LogP contribution >= 0.6 is 23.2 Å². The topological polar surface area (TPSA) is 112 Å². The van der Waals surface area contributed by atoms with Gasteiger partial charge in [0.05, 0.1) is 27.5 Å². The van der Waals surface area contributed by atoms with Gasteiger partial charge in [0, 0.05) is 47.5 Å². The Morgan fingerprint density at radius 1 is 1.11 bits per heavy atom. The molecule has 47 heavy (non-hydrogen) atoms. The zero-order chi connectivity index (χ0) is 32.8. The molecule has 0 radical (unpaired) electrons. The van der Waals surface area contributed by atoms with Crippen molar-refractivity contribution >= 4 is 57.1 Å². The zero-order valence-electron chi connectivity index (χ0n) is 26.1. The maximum absolute atomic E-state index is 13.2. The van der Waals surface area contributed by atoms with Crippen LogP contribution in [0.3, 0.4) is 0 Å². The van der Waals surface area contributed by atoms with Crippen molar-refractivity contribution in [2.24, 2.45) is 0 Å². The molecule has 6 rings (SSSR count). The predicted octanol–water partition coefficient (Wildman–Crippen LogP) is 7.46. The number of anilines is 3. The number of amides is 1. The number of aromatic nitrogens is 1. The zero-order valence-corrected chi connectivity index (χ0v) is 27.6. The molecule has 11 heteroatoms. The largest absolute Gasteiger partial charge is 0.488 e. The number of nitrogens with one attached hydrogen (secondary N) is 3. The third-order valence-electron chi connectivity index (χ3n) is 8.37. The highest BCUT2D eigenvalue weighted by Gasteiger charge is 2.22. The monoisotopic (exact) mass is 670 g/mol. The van der Waals surface area contributed by atoms with E-state index in [1.807, 2.05) is 42.5 Å². The summed E-state index contributed by atoms with van der Waals surface area (Å²) >= 11 is 12.7. The first-order chi connectivity index (χ1) is 22.8. The molecule has 0 unspecified atom stereocenters. The van der Waals surface area contributed by atoms with E-state index in [0.717, 1.165) is 63.0 Å². The van der Waals surface area contributed by atoms with Gasteiger partial charge in [-0.15, -0.1) is 0 Å². The van der Waals surface area contributed by atoms with Crippen LogP contribution in [-0.2, 0) is 11.4 Å². The maximum Gasteiger partial charge on any atom is 0.248 e. The van der Waals surface area contributed by atoms with Gasteiger partial charge in [-0.2, -0.15) is 5.26 Å². The van der Waals surface area contributed by atoms with Crippen LogP contribution in [0.25, 0.3) is 10.9 Å². The number of likely N-dealkylation sites (tertiary alicyclic amines) is 1. The molecule has 3 heterocycles. The summed E-state index contributed by atoms with van der Waals surface area (Å²) in [5.74, 6) is 0.853. The van der Waals surface area contributed by atoms with Crippen LogP contribution in [0.1, 0.15) is 36.8 Å². The first-order valence-electron chi connectivity index (χ1n) is 15.7. The van der Waals surface area contributed by atoms with Crippen LogP contribution in [-0.4, -0.2) is 55.1 Å². The highest BCUT2D eigenvalue weighted by Crippen LogP contribution is 2.38. The number of piperidine rings is 2. The number of carbonyl (C=O) groups is 1. The van der Waals surface area contributed by atoms with Crippen LogP contribution in [0, 0.1) is 11.3 Å². The summed E-state index contributed by atoms with van der Waals surface area (Å²) in [6.07, 6.45) is 6.67. The van der Waals surface area contributed by atoms with Crippen molar-refractivity contribution in [1.29, 1.82) is 5.26 Å². The van der Waals surface area contributed by atoms with E-state index in [9.17, 15) is 10.1 Å². The van der Waals surface area contributed by atoms with Crippen LogP contribution in [0.2, 0.25) is 10.0 Å². The quantitative estimate of drug-likeness (QED) is 0.157. The fourth-order valence-electron chi connectivity index (χ4n) is 5.79. The molecule has 4 aromatic rings. The molecule has 0 bridgehead atoms. The smallest absolute Gasteiger partial charge is 0.248 e. The predicted molar refractivity (Wildman–Crippen MR) is 187 cm³/mol. The molecule has 0 spiro atoms. The van der Waals surface area contributed by atoms with Crippen LogP contribution in [0.5, 0.6) is 11.5 Å². The molecule has 2 saturated heterocycles. The summed E-state index contributed by atoms with van der Waals surface area (Å²) in [5, 5.41) is 21.5. The van der Waals surface area contributed by atoms with Gasteiger partial charge in [0.1, 0.15) is 30.3 Å². The second kappa shape index (κ2) is 15.1. The van der Waals surface area contributed by atoms with E-state index in [1.54, 1.807) is 18.2 Å². The lowest BCUT2D eigenvalue weighted by molar-refractivity contribution is -0.112. The molecule has 0 atom stereocenters. The Morgan fingerprint density at radius 3 is 2.66 bits per heavy atom. The average Bonchev–Trinajstić information content (AvgIpc) is 3.06. The number of halogens is 2. The van der Waals surface area contributed by atoms with Gasteiger partial charge < -0.3 is 30.3 Å². The molecule has 1 amide bonds. The summed E-state index contributed by atoms with van der Waals surface area (Å²) in [7, 11) is 2.10. The minimum atomic E-state index is -0.214. The molecule has 0 saturated carbocycles. The summed E-state index contributed by atoms with van der Waals surface area (Å²) < 4.78 is 12.4. The Bertz CT molecular complexity index is 1840. The minimum absolute atomic E-state index is 0.0137. The standard InChI is InChI=1S/C36H36Cl2N6O3/c1-44-13-9-28(10-14-44)47-34-19-31-29(18-32(34)43-35(45)16-23-7-11-40-12-8-23)36(25(20-39)21-41-31)42-27-5-6-33(30(38)17-27)46-22-24-3-2-4-26(37)15-24/h2-6,15-19,21,28,40H,7-14,22H2,1H3,(H,41,42)(H,43,45). The SMILES string of the molecule is CN1CCC(Oc2cc3ncc(C#N)c(Nc4ccc(OCc5cccc(Cl)c5)c(Cl)c4)c3cc2NC(=O)C=C2CCNCC2)CC1. The Labute approximate surface area is 284 Å². The molecular weight excluding hydrogens is 635 g/mol. The van der Waals surface area contributed by atoms with Crippen molar-refractivity contribution in [3.63, 3.8) is 0 Å². The van der Waals surface area contributed by atoms with Gasteiger partial charge in [0.25, 0.3) is 0 Å². The van der Waals surface area contributed by atoms with Crippen molar-refractivity contribution < 1.29 is 14.3 Å². The highest BCUT2D eigenvalue weighted by atomic mass is 35.5. The Kier molecular flexibility index (Phi) is 10.4. The van der Waals surface area contributed by atoms with E-state index in [-0.39, 0.29) is 12.0 Å². The fourth-order valence-corrected chi connectivity index (χ4v) is 6.24.